The summed E-state index contributed by atoms with van der Waals surface area (Å²) in [5.41, 5.74) is 2.97. The van der Waals surface area contributed by atoms with Gasteiger partial charge in [-0.1, -0.05) is 61.3 Å². The largest absolute Gasteiger partial charge is 0.351 e. The van der Waals surface area contributed by atoms with E-state index in [1.807, 2.05) is 42.6 Å². The number of nitrogens with zero attached hydrogens (tertiary/aromatic N) is 3. The average molecular weight is 431 g/mol. The topological polar surface area (TPSA) is 59.8 Å². The third-order valence-electron chi connectivity index (χ3n) is 4.97. The van der Waals surface area contributed by atoms with Crippen molar-refractivity contribution in [1.82, 2.24) is 20.1 Å². The molecule has 2 heterocycles. The fourth-order valence-electron chi connectivity index (χ4n) is 3.33. The first-order valence-electron chi connectivity index (χ1n) is 9.53. The lowest BCUT2D eigenvalue weighted by atomic mass is 9.89. The van der Waals surface area contributed by atoms with E-state index in [2.05, 4.69) is 29.2 Å². The highest BCUT2D eigenvalue weighted by molar-refractivity contribution is 6.33. The first-order valence-corrected chi connectivity index (χ1v) is 10.3. The number of pyridine rings is 1. The van der Waals surface area contributed by atoms with Gasteiger partial charge in [0.1, 0.15) is 5.15 Å². The van der Waals surface area contributed by atoms with Crippen molar-refractivity contribution >= 4 is 29.1 Å². The van der Waals surface area contributed by atoms with Gasteiger partial charge < -0.3 is 5.32 Å². The molecule has 7 heteroatoms. The highest BCUT2D eigenvalue weighted by Gasteiger charge is 2.23. The van der Waals surface area contributed by atoms with Gasteiger partial charge in [-0.2, -0.15) is 5.10 Å². The lowest BCUT2D eigenvalue weighted by Crippen LogP contribution is -2.30. The Labute approximate surface area is 181 Å². The maximum absolute atomic E-state index is 12.9. The van der Waals surface area contributed by atoms with Crippen LogP contribution >= 0.6 is 23.2 Å². The van der Waals surface area contributed by atoms with Crippen LogP contribution in [0.5, 0.6) is 0 Å². The van der Waals surface area contributed by atoms with E-state index in [0.29, 0.717) is 40.4 Å². The monoisotopic (exact) mass is 430 g/mol. The van der Waals surface area contributed by atoms with E-state index in [-0.39, 0.29) is 11.8 Å². The molecule has 1 aromatic carbocycles. The second-order valence-corrected chi connectivity index (χ2v) is 8.11. The van der Waals surface area contributed by atoms with Crippen molar-refractivity contribution in [3.63, 3.8) is 0 Å². The molecular weight excluding hydrogens is 407 g/mol. The maximum Gasteiger partial charge on any atom is 0.256 e. The molecule has 0 spiro atoms. The molecule has 0 unspecified atom stereocenters. The molecule has 152 valence electrons. The quantitative estimate of drug-likeness (QED) is 0.566. The Morgan fingerprint density at radius 2 is 1.93 bits per heavy atom. The molecule has 0 aliphatic heterocycles. The molecule has 0 bridgehead atoms. The van der Waals surface area contributed by atoms with Crippen LogP contribution in [0.2, 0.25) is 10.2 Å². The van der Waals surface area contributed by atoms with Gasteiger partial charge in [-0.25, -0.2) is 4.68 Å². The van der Waals surface area contributed by atoms with Crippen LogP contribution in [-0.4, -0.2) is 27.2 Å². The summed E-state index contributed by atoms with van der Waals surface area (Å²) in [5.74, 6) is 0.274. The molecule has 3 aromatic rings. The number of carbonyl (C=O) groups excluding carboxylic acids is 1. The van der Waals surface area contributed by atoms with Crippen LogP contribution in [0.3, 0.4) is 0 Å². The van der Waals surface area contributed by atoms with Gasteiger partial charge in [-0.15, -0.1) is 0 Å². The van der Waals surface area contributed by atoms with E-state index in [4.69, 9.17) is 23.2 Å². The number of nitrogens with one attached hydrogen (secondary N) is 1. The minimum Gasteiger partial charge on any atom is -0.351 e. The zero-order valence-corrected chi connectivity index (χ0v) is 18.2. The van der Waals surface area contributed by atoms with E-state index >= 15 is 0 Å². The Kier molecular flexibility index (Phi) is 6.93. The second kappa shape index (κ2) is 9.42. The number of rotatable bonds is 7. The second-order valence-electron chi connectivity index (χ2n) is 7.35. The first kappa shape index (κ1) is 21.3. The number of hydrogen-bond donors (Lipinski definition) is 1. The standard InChI is InChI=1S/C22H24Cl2N4O/c1-14(2)18(16-8-6-10-25-11-16)12-26-22(29)20-15(3)27-28(21(20)24)13-17-7-4-5-9-19(17)23/h4-11,14,18H,12-13H2,1-3H3,(H,26,29)/t18-/m1/s1. The molecule has 2 aromatic heterocycles. The minimum atomic E-state index is -0.229. The molecule has 0 saturated heterocycles. The smallest absolute Gasteiger partial charge is 0.256 e. The molecular formula is C22H24Cl2N4O. The summed E-state index contributed by atoms with van der Waals surface area (Å²) in [7, 11) is 0. The number of aromatic nitrogens is 3. The Bertz CT molecular complexity index is 986. The molecule has 0 aliphatic rings. The average Bonchev–Trinajstić information content (AvgIpc) is 2.97. The summed E-state index contributed by atoms with van der Waals surface area (Å²) in [5, 5.41) is 8.41. The van der Waals surface area contributed by atoms with Crippen molar-refractivity contribution in [2.45, 2.75) is 33.2 Å². The van der Waals surface area contributed by atoms with Crippen molar-refractivity contribution in [2.24, 2.45) is 5.92 Å². The van der Waals surface area contributed by atoms with Crippen molar-refractivity contribution in [1.29, 1.82) is 0 Å². The fourth-order valence-corrected chi connectivity index (χ4v) is 3.84. The number of carbonyl (C=O) groups is 1. The zero-order valence-electron chi connectivity index (χ0n) is 16.7. The van der Waals surface area contributed by atoms with Crippen LogP contribution in [0.15, 0.2) is 48.8 Å². The van der Waals surface area contributed by atoms with Gasteiger partial charge in [0.2, 0.25) is 0 Å². The van der Waals surface area contributed by atoms with Gasteiger partial charge in [0.05, 0.1) is 17.8 Å². The Hall–Kier alpha value is -2.37. The van der Waals surface area contributed by atoms with Crippen molar-refractivity contribution in [3.8, 4) is 0 Å². The van der Waals surface area contributed by atoms with E-state index in [1.54, 1.807) is 17.8 Å². The Balaban J connectivity index is 1.76. The zero-order chi connectivity index (χ0) is 21.0. The van der Waals surface area contributed by atoms with E-state index in [1.165, 1.54) is 0 Å². The van der Waals surface area contributed by atoms with Gasteiger partial charge in [0, 0.05) is 29.9 Å². The SMILES string of the molecule is Cc1nn(Cc2ccccc2Cl)c(Cl)c1C(=O)NC[C@@H](c1cccnc1)C(C)C. The van der Waals surface area contributed by atoms with Crippen LogP contribution in [-0.2, 0) is 6.54 Å². The maximum atomic E-state index is 12.9. The van der Waals surface area contributed by atoms with Crippen LogP contribution in [0.1, 0.15) is 46.9 Å². The third-order valence-corrected chi connectivity index (χ3v) is 5.72. The molecule has 0 aliphatic carbocycles. The first-order chi connectivity index (χ1) is 13.9. The number of halogens is 2. The molecule has 3 rings (SSSR count). The number of aryl methyl sites for hydroxylation is 1. The summed E-state index contributed by atoms with van der Waals surface area (Å²) < 4.78 is 1.61. The Morgan fingerprint density at radius 1 is 1.17 bits per heavy atom. The lowest BCUT2D eigenvalue weighted by molar-refractivity contribution is 0.0948. The van der Waals surface area contributed by atoms with Crippen molar-refractivity contribution in [2.75, 3.05) is 6.54 Å². The highest BCUT2D eigenvalue weighted by Crippen LogP contribution is 2.25. The lowest BCUT2D eigenvalue weighted by Gasteiger charge is -2.21. The van der Waals surface area contributed by atoms with Gasteiger partial charge in [-0.05, 0) is 36.1 Å². The fraction of sp³-hybridized carbons (Fsp3) is 0.318. The van der Waals surface area contributed by atoms with Gasteiger partial charge in [0.25, 0.3) is 5.91 Å². The van der Waals surface area contributed by atoms with Gasteiger partial charge >= 0.3 is 0 Å². The van der Waals surface area contributed by atoms with Gasteiger partial charge in [-0.3, -0.25) is 9.78 Å². The van der Waals surface area contributed by atoms with Crippen LogP contribution < -0.4 is 5.32 Å². The molecule has 0 radical (unpaired) electrons. The van der Waals surface area contributed by atoms with Crippen molar-refractivity contribution < 1.29 is 4.79 Å². The summed E-state index contributed by atoms with van der Waals surface area (Å²) >= 11 is 12.7. The Morgan fingerprint density at radius 3 is 2.59 bits per heavy atom. The summed E-state index contributed by atoms with van der Waals surface area (Å²) in [6.45, 7) is 6.93. The van der Waals surface area contributed by atoms with Gasteiger partial charge in [0.15, 0.2) is 0 Å². The number of hydrogen-bond acceptors (Lipinski definition) is 3. The molecule has 0 fully saturated rings. The summed E-state index contributed by atoms with van der Waals surface area (Å²) in [4.78, 5) is 17.1. The van der Waals surface area contributed by atoms with Crippen LogP contribution in [0.4, 0.5) is 0 Å². The summed E-state index contributed by atoms with van der Waals surface area (Å²) in [6.07, 6.45) is 3.59. The molecule has 29 heavy (non-hydrogen) atoms. The highest BCUT2D eigenvalue weighted by atomic mass is 35.5. The van der Waals surface area contributed by atoms with Crippen LogP contribution in [0, 0.1) is 12.8 Å². The van der Waals surface area contributed by atoms with Crippen LogP contribution in [0.25, 0.3) is 0 Å². The molecule has 0 saturated carbocycles. The van der Waals surface area contributed by atoms with Crippen molar-refractivity contribution in [3.05, 3.63) is 81.4 Å². The molecule has 5 nitrogen and oxygen atoms in total. The minimum absolute atomic E-state index is 0.157. The predicted molar refractivity (Wildman–Crippen MR) is 117 cm³/mol. The third kappa shape index (κ3) is 4.98. The molecule has 1 amide bonds. The van der Waals surface area contributed by atoms with E-state index in [9.17, 15) is 4.79 Å². The number of benzene rings is 1. The predicted octanol–water partition coefficient (Wildman–Crippen LogP) is 5.11. The van der Waals surface area contributed by atoms with E-state index in [0.717, 1.165) is 11.1 Å². The van der Waals surface area contributed by atoms with E-state index < -0.39 is 0 Å². The summed E-state index contributed by atoms with van der Waals surface area (Å²) in [6, 6.07) is 11.4. The number of amides is 1. The normalized spacial score (nSPS) is 12.2. The molecule has 1 N–H and O–H groups in total. The molecule has 1 atom stereocenters.